The smallest absolute Gasteiger partial charge is 0.334 e. The molecule has 5 amide bonds. The number of ether oxygens (including phenoxy) is 2. The maximum atomic E-state index is 12.3. The number of nitrogens with one attached hydrogen (secondary N) is 1. The van der Waals surface area contributed by atoms with E-state index in [0.29, 0.717) is 35.3 Å². The van der Waals surface area contributed by atoms with Crippen LogP contribution in [0.3, 0.4) is 0 Å². The summed E-state index contributed by atoms with van der Waals surface area (Å²) in [6.45, 7) is 7.77. The zero-order valence-corrected chi connectivity index (χ0v) is 16.5. The molecule has 1 heterocycles. The van der Waals surface area contributed by atoms with E-state index < -0.39 is 30.3 Å². The number of urea groups is 1. The molecule has 1 aliphatic rings. The highest BCUT2D eigenvalue weighted by Crippen LogP contribution is 2.30. The van der Waals surface area contributed by atoms with Crippen molar-refractivity contribution in [2.45, 2.75) is 27.7 Å². The number of rotatable bonds is 9. The summed E-state index contributed by atoms with van der Waals surface area (Å²) < 4.78 is 11.0. The normalized spacial score (nSPS) is 14.1. The average Bonchev–Trinajstić information content (AvgIpc) is 2.82. The molecule has 1 aromatic carbocycles. The number of amides is 5. The molecular weight excluding hydrogens is 366 g/mol. The van der Waals surface area contributed by atoms with Crippen molar-refractivity contribution in [1.29, 1.82) is 0 Å². The molecule has 9 nitrogen and oxygen atoms in total. The Morgan fingerprint density at radius 2 is 1.61 bits per heavy atom. The predicted octanol–water partition coefficient (Wildman–Crippen LogP) is 1.87. The highest BCUT2D eigenvalue weighted by atomic mass is 16.5. The second kappa shape index (κ2) is 9.20. The lowest BCUT2D eigenvalue weighted by Crippen LogP contribution is -2.39. The van der Waals surface area contributed by atoms with E-state index in [0.717, 1.165) is 4.90 Å². The van der Waals surface area contributed by atoms with Crippen molar-refractivity contribution in [2.75, 3.05) is 31.6 Å². The van der Waals surface area contributed by atoms with Gasteiger partial charge in [0, 0.05) is 18.3 Å². The number of benzene rings is 1. The van der Waals surface area contributed by atoms with E-state index in [9.17, 15) is 19.2 Å². The van der Waals surface area contributed by atoms with Crippen LogP contribution in [0.4, 0.5) is 10.5 Å². The molecule has 0 spiro atoms. The number of nitrogens with zero attached hydrogens (tertiary/aromatic N) is 2. The number of carbonyl (C=O) groups excluding carboxylic acids is 4. The Balaban J connectivity index is 2.07. The first-order valence-corrected chi connectivity index (χ1v) is 9.15. The first kappa shape index (κ1) is 21.2. The molecule has 28 heavy (non-hydrogen) atoms. The third kappa shape index (κ3) is 4.79. The first-order valence-electron chi connectivity index (χ1n) is 9.15. The maximum absolute atomic E-state index is 12.3. The summed E-state index contributed by atoms with van der Waals surface area (Å²) in [5.74, 6) is -1.49. The summed E-state index contributed by atoms with van der Waals surface area (Å²) >= 11 is 0. The Kier molecular flexibility index (Phi) is 6.97. The molecule has 0 aliphatic carbocycles. The van der Waals surface area contributed by atoms with Crippen LogP contribution in [0, 0.1) is 5.92 Å². The van der Waals surface area contributed by atoms with E-state index in [2.05, 4.69) is 5.32 Å². The summed E-state index contributed by atoms with van der Waals surface area (Å²) in [4.78, 5) is 50.1. The molecule has 1 N–H and O–H groups in total. The molecule has 2 rings (SSSR count). The molecule has 1 aliphatic heterocycles. The van der Waals surface area contributed by atoms with Crippen LogP contribution in [0.5, 0.6) is 11.5 Å². The molecule has 0 unspecified atom stereocenters. The van der Waals surface area contributed by atoms with Crippen LogP contribution in [-0.2, 0) is 14.4 Å². The van der Waals surface area contributed by atoms with Crippen LogP contribution in [0.2, 0.25) is 0 Å². The van der Waals surface area contributed by atoms with E-state index in [1.807, 2.05) is 27.7 Å². The van der Waals surface area contributed by atoms with Gasteiger partial charge in [-0.3, -0.25) is 19.3 Å². The average molecular weight is 391 g/mol. The van der Waals surface area contributed by atoms with E-state index in [4.69, 9.17) is 9.47 Å². The summed E-state index contributed by atoms with van der Waals surface area (Å²) in [6, 6.07) is 4.09. The fourth-order valence-corrected chi connectivity index (χ4v) is 2.69. The van der Waals surface area contributed by atoms with Gasteiger partial charge in [0.2, 0.25) is 5.91 Å². The van der Waals surface area contributed by atoms with Gasteiger partial charge < -0.3 is 14.8 Å². The van der Waals surface area contributed by atoms with Gasteiger partial charge in [0.25, 0.3) is 0 Å². The standard InChI is InChI=1S/C19H25N3O6/c1-5-27-14-8-7-13(9-15(14)28-6-2)20-16(23)11-22-18(25)17(24)21(19(22)26)10-12(3)4/h7-9,12H,5-6,10-11H2,1-4H3,(H,20,23). The van der Waals surface area contributed by atoms with Crippen LogP contribution in [0.15, 0.2) is 18.2 Å². The predicted molar refractivity (Wildman–Crippen MR) is 101 cm³/mol. The minimum absolute atomic E-state index is 0.00955. The van der Waals surface area contributed by atoms with Gasteiger partial charge in [-0.1, -0.05) is 13.8 Å². The molecular formula is C19H25N3O6. The molecule has 0 aromatic heterocycles. The van der Waals surface area contributed by atoms with Crippen molar-refractivity contribution in [1.82, 2.24) is 9.80 Å². The molecule has 1 fully saturated rings. The lowest BCUT2D eigenvalue weighted by molar-refractivity contribution is -0.143. The number of carbonyl (C=O) groups is 4. The quantitative estimate of drug-likeness (QED) is 0.509. The van der Waals surface area contributed by atoms with Gasteiger partial charge in [0.05, 0.1) is 13.2 Å². The topological polar surface area (TPSA) is 105 Å². The number of imide groups is 2. The number of hydrogen-bond donors (Lipinski definition) is 1. The highest BCUT2D eigenvalue weighted by Gasteiger charge is 2.45. The Hall–Kier alpha value is -3.10. The van der Waals surface area contributed by atoms with Crippen molar-refractivity contribution in [3.05, 3.63) is 18.2 Å². The molecule has 152 valence electrons. The maximum Gasteiger partial charge on any atom is 0.334 e. The summed E-state index contributed by atoms with van der Waals surface area (Å²) in [5.41, 5.74) is 0.418. The van der Waals surface area contributed by atoms with Gasteiger partial charge in [0.1, 0.15) is 6.54 Å². The first-order chi connectivity index (χ1) is 13.3. The minimum atomic E-state index is -0.998. The summed E-state index contributed by atoms with van der Waals surface area (Å²) in [6.07, 6.45) is 0. The van der Waals surface area contributed by atoms with Crippen LogP contribution in [0.25, 0.3) is 0 Å². The molecule has 1 aromatic rings. The van der Waals surface area contributed by atoms with E-state index in [1.54, 1.807) is 18.2 Å². The van der Waals surface area contributed by atoms with Crippen LogP contribution >= 0.6 is 0 Å². The van der Waals surface area contributed by atoms with E-state index in [1.165, 1.54) is 0 Å². The molecule has 9 heteroatoms. The Labute approximate surface area is 163 Å². The number of anilines is 1. The van der Waals surface area contributed by atoms with Gasteiger partial charge in [0.15, 0.2) is 11.5 Å². The van der Waals surface area contributed by atoms with Crippen LogP contribution in [-0.4, -0.2) is 59.9 Å². The third-order valence-electron chi connectivity index (χ3n) is 3.81. The van der Waals surface area contributed by atoms with Crippen molar-refractivity contribution in [3.63, 3.8) is 0 Å². The zero-order valence-electron chi connectivity index (χ0n) is 16.5. The van der Waals surface area contributed by atoms with E-state index in [-0.39, 0.29) is 12.5 Å². The second-order valence-corrected chi connectivity index (χ2v) is 6.56. The second-order valence-electron chi connectivity index (χ2n) is 6.56. The lowest BCUT2D eigenvalue weighted by atomic mass is 10.2. The molecule has 0 saturated carbocycles. The molecule has 1 saturated heterocycles. The largest absolute Gasteiger partial charge is 0.490 e. The fraction of sp³-hybridized carbons (Fsp3) is 0.474. The van der Waals surface area contributed by atoms with Crippen LogP contribution < -0.4 is 14.8 Å². The van der Waals surface area contributed by atoms with E-state index >= 15 is 0 Å². The summed E-state index contributed by atoms with van der Waals surface area (Å²) in [5, 5.41) is 2.60. The summed E-state index contributed by atoms with van der Waals surface area (Å²) in [7, 11) is 0. The molecule has 0 bridgehead atoms. The van der Waals surface area contributed by atoms with Gasteiger partial charge in [-0.25, -0.2) is 9.69 Å². The SMILES string of the molecule is CCOc1ccc(NC(=O)CN2C(=O)C(=O)N(CC(C)C)C2=O)cc1OCC. The van der Waals surface area contributed by atoms with Crippen molar-refractivity contribution in [3.8, 4) is 11.5 Å². The van der Waals surface area contributed by atoms with Gasteiger partial charge >= 0.3 is 17.8 Å². The minimum Gasteiger partial charge on any atom is -0.490 e. The van der Waals surface area contributed by atoms with Crippen molar-refractivity contribution >= 4 is 29.4 Å². The van der Waals surface area contributed by atoms with Gasteiger partial charge in [-0.15, -0.1) is 0 Å². The number of hydrogen-bond acceptors (Lipinski definition) is 6. The molecule has 0 atom stereocenters. The molecule has 0 radical (unpaired) electrons. The van der Waals surface area contributed by atoms with Crippen molar-refractivity contribution in [2.24, 2.45) is 5.92 Å². The Morgan fingerprint density at radius 1 is 1.00 bits per heavy atom. The monoisotopic (exact) mass is 391 g/mol. The van der Waals surface area contributed by atoms with Crippen molar-refractivity contribution < 1.29 is 28.7 Å². The fourth-order valence-electron chi connectivity index (χ4n) is 2.69. The Bertz CT molecular complexity index is 777. The third-order valence-corrected chi connectivity index (χ3v) is 3.81. The Morgan fingerprint density at radius 3 is 2.21 bits per heavy atom. The lowest BCUT2D eigenvalue weighted by Gasteiger charge is -2.17. The van der Waals surface area contributed by atoms with Gasteiger partial charge in [-0.05, 0) is 31.9 Å². The highest BCUT2D eigenvalue weighted by molar-refractivity contribution is 6.45. The van der Waals surface area contributed by atoms with Crippen LogP contribution in [0.1, 0.15) is 27.7 Å². The zero-order chi connectivity index (χ0) is 20.8. The van der Waals surface area contributed by atoms with Gasteiger partial charge in [-0.2, -0.15) is 0 Å².